The Morgan fingerprint density at radius 3 is 3.00 bits per heavy atom. The van der Waals surface area contributed by atoms with Crippen molar-refractivity contribution in [1.29, 1.82) is 0 Å². The Hall–Kier alpha value is -1.32. The molecule has 3 nitrogen and oxygen atoms in total. The van der Waals surface area contributed by atoms with E-state index in [2.05, 4.69) is 34.7 Å². The van der Waals surface area contributed by atoms with Gasteiger partial charge in [-0.25, -0.2) is 0 Å². The number of halogens is 1. The van der Waals surface area contributed by atoms with E-state index >= 15 is 0 Å². The fourth-order valence-corrected chi connectivity index (χ4v) is 2.77. The topological polar surface area (TPSA) is 29.9 Å². The molecular weight excluding hydrogens is 234 g/mol. The maximum absolute atomic E-state index is 6.22. The lowest BCUT2D eigenvalue weighted by Crippen LogP contribution is -2.32. The van der Waals surface area contributed by atoms with Crippen LogP contribution < -0.4 is 5.32 Å². The van der Waals surface area contributed by atoms with Crippen LogP contribution in [0.15, 0.2) is 30.5 Å². The second-order valence-corrected chi connectivity index (χ2v) is 4.74. The zero-order valence-corrected chi connectivity index (χ0v) is 10.4. The van der Waals surface area contributed by atoms with Crippen molar-refractivity contribution in [2.75, 3.05) is 6.54 Å². The molecule has 0 aliphatic carbocycles. The predicted octanol–water partition coefficient (Wildman–Crippen LogP) is 2.31. The molecular formula is C13H14ClN3. The van der Waals surface area contributed by atoms with Crippen molar-refractivity contribution in [3.05, 3.63) is 52.3 Å². The van der Waals surface area contributed by atoms with Crippen LogP contribution in [0.2, 0.25) is 5.02 Å². The van der Waals surface area contributed by atoms with Crippen LogP contribution in [-0.4, -0.2) is 16.3 Å². The molecule has 0 bridgehead atoms. The van der Waals surface area contributed by atoms with E-state index in [9.17, 15) is 0 Å². The van der Waals surface area contributed by atoms with E-state index in [1.54, 1.807) is 6.20 Å². The summed E-state index contributed by atoms with van der Waals surface area (Å²) in [5.41, 5.74) is 3.75. The average molecular weight is 248 g/mol. The van der Waals surface area contributed by atoms with E-state index in [1.165, 1.54) is 11.1 Å². The molecule has 3 rings (SSSR count). The molecule has 2 aromatic rings. The number of fused-ring (bicyclic) bond motifs is 1. The number of nitrogens with one attached hydrogen (secondary N) is 1. The summed E-state index contributed by atoms with van der Waals surface area (Å²) in [5, 5.41) is 8.45. The van der Waals surface area contributed by atoms with Crippen molar-refractivity contribution in [3.63, 3.8) is 0 Å². The monoisotopic (exact) mass is 247 g/mol. The van der Waals surface area contributed by atoms with Crippen LogP contribution in [0.25, 0.3) is 0 Å². The maximum Gasteiger partial charge on any atom is 0.0837 e. The van der Waals surface area contributed by atoms with Gasteiger partial charge in [0, 0.05) is 13.6 Å². The lowest BCUT2D eigenvalue weighted by Gasteiger charge is -2.27. The highest BCUT2D eigenvalue weighted by molar-refractivity contribution is 6.31. The first kappa shape index (κ1) is 10.8. The summed E-state index contributed by atoms with van der Waals surface area (Å²) in [5.74, 6) is 0. The largest absolute Gasteiger partial charge is 0.305 e. The molecule has 0 saturated heterocycles. The Kier molecular flexibility index (Phi) is 2.65. The fourth-order valence-electron chi connectivity index (χ4n) is 2.49. The number of rotatable bonds is 1. The van der Waals surface area contributed by atoms with Crippen LogP contribution in [0.1, 0.15) is 22.9 Å². The summed E-state index contributed by atoms with van der Waals surface area (Å²) in [4.78, 5) is 0. The third-order valence-corrected chi connectivity index (χ3v) is 3.61. The van der Waals surface area contributed by atoms with Gasteiger partial charge < -0.3 is 5.32 Å². The summed E-state index contributed by atoms with van der Waals surface area (Å²) in [6.45, 7) is 0.975. The normalized spacial score (nSPS) is 19.1. The van der Waals surface area contributed by atoms with Crippen LogP contribution in [-0.2, 0) is 13.5 Å². The minimum Gasteiger partial charge on any atom is -0.305 e. The zero-order chi connectivity index (χ0) is 11.8. The minimum absolute atomic E-state index is 0.153. The molecule has 4 heteroatoms. The molecule has 1 aliphatic heterocycles. The number of hydrogen-bond acceptors (Lipinski definition) is 2. The SMILES string of the molecule is Cn1ncc(Cl)c1C1NCCc2ccccc21. The first-order valence-electron chi connectivity index (χ1n) is 5.76. The molecule has 1 N–H and O–H groups in total. The van der Waals surface area contributed by atoms with E-state index in [0.717, 1.165) is 23.7 Å². The molecule has 1 unspecified atom stereocenters. The van der Waals surface area contributed by atoms with Gasteiger partial charge in [-0.1, -0.05) is 35.9 Å². The second-order valence-electron chi connectivity index (χ2n) is 4.34. The Morgan fingerprint density at radius 2 is 2.24 bits per heavy atom. The van der Waals surface area contributed by atoms with Gasteiger partial charge in [-0.05, 0) is 17.5 Å². The highest BCUT2D eigenvalue weighted by Crippen LogP contribution is 2.31. The molecule has 0 amide bonds. The average Bonchev–Trinajstić information content (AvgIpc) is 2.69. The molecule has 1 aromatic heterocycles. The van der Waals surface area contributed by atoms with Gasteiger partial charge in [0.05, 0.1) is 23.0 Å². The van der Waals surface area contributed by atoms with E-state index in [0.29, 0.717) is 0 Å². The quantitative estimate of drug-likeness (QED) is 0.838. The highest BCUT2D eigenvalue weighted by Gasteiger charge is 2.25. The van der Waals surface area contributed by atoms with E-state index < -0.39 is 0 Å². The van der Waals surface area contributed by atoms with Crippen LogP contribution in [0.5, 0.6) is 0 Å². The maximum atomic E-state index is 6.22. The molecule has 17 heavy (non-hydrogen) atoms. The number of benzene rings is 1. The summed E-state index contributed by atoms with van der Waals surface area (Å²) in [6, 6.07) is 8.66. The standard InChI is InChI=1S/C13H14ClN3/c1-17-13(11(14)8-16-17)12-10-5-3-2-4-9(10)6-7-15-12/h2-5,8,12,15H,6-7H2,1H3. The first-order valence-corrected chi connectivity index (χ1v) is 6.14. The van der Waals surface area contributed by atoms with Crippen molar-refractivity contribution >= 4 is 11.6 Å². The summed E-state index contributed by atoms with van der Waals surface area (Å²) >= 11 is 6.22. The fraction of sp³-hybridized carbons (Fsp3) is 0.308. The molecule has 1 atom stereocenters. The first-order chi connectivity index (χ1) is 8.27. The van der Waals surface area contributed by atoms with E-state index in [-0.39, 0.29) is 6.04 Å². The van der Waals surface area contributed by atoms with Crippen molar-refractivity contribution < 1.29 is 0 Å². The van der Waals surface area contributed by atoms with Crippen LogP contribution in [0, 0.1) is 0 Å². The Labute approximate surface area is 105 Å². The lowest BCUT2D eigenvalue weighted by atomic mass is 9.92. The summed E-state index contributed by atoms with van der Waals surface area (Å²) in [7, 11) is 1.93. The number of aryl methyl sites for hydroxylation is 1. The van der Waals surface area contributed by atoms with E-state index in [4.69, 9.17) is 11.6 Å². The number of aromatic nitrogens is 2. The smallest absolute Gasteiger partial charge is 0.0837 e. The molecule has 0 radical (unpaired) electrons. The van der Waals surface area contributed by atoms with Gasteiger partial charge in [0.25, 0.3) is 0 Å². The third kappa shape index (κ3) is 1.75. The van der Waals surface area contributed by atoms with Gasteiger partial charge in [-0.15, -0.1) is 0 Å². The van der Waals surface area contributed by atoms with Crippen LogP contribution in [0.3, 0.4) is 0 Å². The van der Waals surface area contributed by atoms with Gasteiger partial charge >= 0.3 is 0 Å². The second kappa shape index (κ2) is 4.17. The predicted molar refractivity (Wildman–Crippen MR) is 68.2 cm³/mol. The molecule has 1 aliphatic rings. The van der Waals surface area contributed by atoms with Gasteiger partial charge in [-0.3, -0.25) is 4.68 Å². The van der Waals surface area contributed by atoms with Crippen molar-refractivity contribution in [2.24, 2.45) is 7.05 Å². The van der Waals surface area contributed by atoms with Crippen molar-refractivity contribution in [3.8, 4) is 0 Å². The number of hydrogen-bond donors (Lipinski definition) is 1. The Balaban J connectivity index is 2.12. The Bertz CT molecular complexity index is 528. The van der Waals surface area contributed by atoms with E-state index in [1.807, 2.05) is 11.7 Å². The molecule has 0 spiro atoms. The highest BCUT2D eigenvalue weighted by atomic mass is 35.5. The summed E-state index contributed by atoms with van der Waals surface area (Å²) < 4.78 is 1.85. The molecule has 88 valence electrons. The van der Waals surface area contributed by atoms with Crippen LogP contribution >= 0.6 is 11.6 Å². The van der Waals surface area contributed by atoms with Crippen LogP contribution in [0.4, 0.5) is 0 Å². The minimum atomic E-state index is 0.153. The van der Waals surface area contributed by atoms with Gasteiger partial charge in [0.15, 0.2) is 0 Å². The third-order valence-electron chi connectivity index (χ3n) is 3.32. The van der Waals surface area contributed by atoms with Gasteiger partial charge in [0.2, 0.25) is 0 Å². The molecule has 1 aromatic carbocycles. The number of nitrogens with zero attached hydrogens (tertiary/aromatic N) is 2. The summed E-state index contributed by atoms with van der Waals surface area (Å²) in [6.07, 6.45) is 2.78. The lowest BCUT2D eigenvalue weighted by molar-refractivity contribution is 0.530. The Morgan fingerprint density at radius 1 is 1.41 bits per heavy atom. The molecule has 0 saturated carbocycles. The van der Waals surface area contributed by atoms with Gasteiger partial charge in [0.1, 0.15) is 0 Å². The zero-order valence-electron chi connectivity index (χ0n) is 9.65. The van der Waals surface area contributed by atoms with Crippen molar-refractivity contribution in [2.45, 2.75) is 12.5 Å². The molecule has 0 fully saturated rings. The van der Waals surface area contributed by atoms with Gasteiger partial charge in [-0.2, -0.15) is 5.10 Å². The molecule has 2 heterocycles. The van der Waals surface area contributed by atoms with Crippen molar-refractivity contribution in [1.82, 2.24) is 15.1 Å².